The Bertz CT molecular complexity index is 718. The second-order valence-electron chi connectivity index (χ2n) is 7.13. The lowest BCUT2D eigenvalue weighted by Gasteiger charge is -2.28. The Labute approximate surface area is 149 Å². The predicted molar refractivity (Wildman–Crippen MR) is 98.6 cm³/mol. The molecule has 132 valence electrons. The van der Waals surface area contributed by atoms with Gasteiger partial charge in [-0.05, 0) is 43.0 Å². The van der Waals surface area contributed by atoms with Crippen LogP contribution < -0.4 is 0 Å². The maximum atomic E-state index is 12.4. The molecule has 0 bridgehead atoms. The number of amides is 1. The molecule has 0 radical (unpaired) electrons. The number of aliphatic hydroxyl groups is 1. The highest BCUT2D eigenvalue weighted by Crippen LogP contribution is 2.44. The molecule has 1 aliphatic rings. The number of fused-ring (bicyclic) bond motifs is 3. The number of hydrogen-bond donors (Lipinski definition) is 1. The van der Waals surface area contributed by atoms with Crippen LogP contribution in [0.3, 0.4) is 0 Å². The fourth-order valence-electron chi connectivity index (χ4n) is 3.46. The second kappa shape index (κ2) is 6.89. The van der Waals surface area contributed by atoms with E-state index >= 15 is 0 Å². The Morgan fingerprint density at radius 1 is 1.08 bits per heavy atom. The van der Waals surface area contributed by atoms with Gasteiger partial charge >= 0.3 is 6.09 Å². The Morgan fingerprint density at radius 3 is 2.08 bits per heavy atom. The molecule has 0 saturated carbocycles. The van der Waals surface area contributed by atoms with Crippen molar-refractivity contribution in [2.75, 3.05) is 19.7 Å². The molecule has 25 heavy (non-hydrogen) atoms. The largest absolute Gasteiger partial charge is 0.448 e. The zero-order chi connectivity index (χ0) is 18.0. The van der Waals surface area contributed by atoms with Gasteiger partial charge in [0, 0.05) is 12.5 Å². The average Bonchev–Trinajstić information content (AvgIpc) is 2.91. The highest BCUT2D eigenvalue weighted by atomic mass is 16.6. The number of hydrogen-bond acceptors (Lipinski definition) is 3. The maximum Gasteiger partial charge on any atom is 0.409 e. The van der Waals surface area contributed by atoms with Gasteiger partial charge in [-0.25, -0.2) is 4.79 Å². The van der Waals surface area contributed by atoms with Gasteiger partial charge in [-0.2, -0.15) is 0 Å². The van der Waals surface area contributed by atoms with E-state index in [0.29, 0.717) is 13.2 Å². The van der Waals surface area contributed by atoms with Crippen LogP contribution in [0.5, 0.6) is 0 Å². The molecule has 0 aliphatic heterocycles. The molecular formula is C21H25NO3. The zero-order valence-electron chi connectivity index (χ0n) is 15.0. The Hall–Kier alpha value is -2.33. The first-order valence-electron chi connectivity index (χ1n) is 8.73. The van der Waals surface area contributed by atoms with Gasteiger partial charge < -0.3 is 14.7 Å². The van der Waals surface area contributed by atoms with Crippen molar-refractivity contribution < 1.29 is 14.6 Å². The Morgan fingerprint density at radius 2 is 1.60 bits per heavy atom. The predicted octanol–water partition coefficient (Wildman–Crippen LogP) is 4.03. The molecule has 0 fully saturated rings. The van der Waals surface area contributed by atoms with Gasteiger partial charge in [0.15, 0.2) is 0 Å². The van der Waals surface area contributed by atoms with Gasteiger partial charge in [0.2, 0.25) is 0 Å². The van der Waals surface area contributed by atoms with Gasteiger partial charge in [-0.1, -0.05) is 48.5 Å². The molecule has 0 saturated heterocycles. The first kappa shape index (κ1) is 17.5. The molecule has 0 spiro atoms. The lowest BCUT2D eigenvalue weighted by molar-refractivity contribution is 0.0288. The molecule has 1 N–H and O–H groups in total. The summed E-state index contributed by atoms with van der Waals surface area (Å²) < 4.78 is 5.61. The summed E-state index contributed by atoms with van der Waals surface area (Å²) in [5, 5.41) is 9.96. The molecule has 0 atom stereocenters. The molecule has 2 aromatic carbocycles. The van der Waals surface area contributed by atoms with Crippen molar-refractivity contribution in [2.24, 2.45) is 0 Å². The van der Waals surface area contributed by atoms with Crippen LogP contribution in [0.1, 0.15) is 37.8 Å². The molecule has 0 unspecified atom stereocenters. The van der Waals surface area contributed by atoms with E-state index in [9.17, 15) is 9.90 Å². The summed E-state index contributed by atoms with van der Waals surface area (Å²) in [5.74, 6) is 0.0530. The fraction of sp³-hybridized carbons (Fsp3) is 0.381. The van der Waals surface area contributed by atoms with E-state index in [2.05, 4.69) is 24.3 Å². The molecule has 1 aliphatic carbocycles. The van der Waals surface area contributed by atoms with Crippen molar-refractivity contribution in [3.63, 3.8) is 0 Å². The highest BCUT2D eigenvalue weighted by Gasteiger charge is 2.30. The van der Waals surface area contributed by atoms with Crippen molar-refractivity contribution in [1.29, 1.82) is 0 Å². The van der Waals surface area contributed by atoms with Crippen molar-refractivity contribution in [3.8, 4) is 11.1 Å². The van der Waals surface area contributed by atoms with E-state index in [1.54, 1.807) is 13.8 Å². The van der Waals surface area contributed by atoms with Crippen LogP contribution in [0.2, 0.25) is 0 Å². The number of rotatable bonds is 5. The third kappa shape index (κ3) is 3.69. The number of benzene rings is 2. The van der Waals surface area contributed by atoms with Gasteiger partial charge in [0.1, 0.15) is 6.61 Å². The SMILES string of the molecule is CCN(CC(C)(C)O)C(=O)OCC1c2ccccc2-c2ccccc21. The summed E-state index contributed by atoms with van der Waals surface area (Å²) in [5.41, 5.74) is 3.87. The summed E-state index contributed by atoms with van der Waals surface area (Å²) >= 11 is 0. The van der Waals surface area contributed by atoms with E-state index in [0.717, 1.165) is 0 Å². The maximum absolute atomic E-state index is 12.4. The molecule has 0 heterocycles. The summed E-state index contributed by atoms with van der Waals surface area (Å²) in [4.78, 5) is 14.0. The summed E-state index contributed by atoms with van der Waals surface area (Å²) in [7, 11) is 0. The van der Waals surface area contributed by atoms with Crippen LogP contribution in [0.4, 0.5) is 4.79 Å². The minimum Gasteiger partial charge on any atom is -0.448 e. The van der Waals surface area contributed by atoms with Crippen molar-refractivity contribution in [3.05, 3.63) is 59.7 Å². The molecule has 1 amide bonds. The van der Waals surface area contributed by atoms with Crippen molar-refractivity contribution in [2.45, 2.75) is 32.3 Å². The van der Waals surface area contributed by atoms with Crippen LogP contribution in [0, 0.1) is 0 Å². The van der Waals surface area contributed by atoms with Gasteiger partial charge in [0.25, 0.3) is 0 Å². The minimum absolute atomic E-state index is 0.0530. The second-order valence-corrected chi connectivity index (χ2v) is 7.13. The lowest BCUT2D eigenvalue weighted by Crippen LogP contribution is -2.42. The molecule has 3 rings (SSSR count). The molecular weight excluding hydrogens is 314 g/mol. The normalized spacial score (nSPS) is 13.3. The Balaban J connectivity index is 1.76. The third-order valence-electron chi connectivity index (χ3n) is 4.55. The van der Waals surface area contributed by atoms with Crippen LogP contribution >= 0.6 is 0 Å². The standard InChI is InChI=1S/C21H25NO3/c1-4-22(14-21(2,3)24)20(23)25-13-19-17-11-7-5-9-15(17)16-10-6-8-12-18(16)19/h5-12,19,24H,4,13-14H2,1-3H3. The average molecular weight is 339 g/mol. The highest BCUT2D eigenvalue weighted by molar-refractivity contribution is 5.79. The summed E-state index contributed by atoms with van der Waals surface area (Å²) in [6.07, 6.45) is -0.383. The van der Waals surface area contributed by atoms with E-state index in [1.165, 1.54) is 27.2 Å². The number of carbonyl (C=O) groups excluding carboxylic acids is 1. The van der Waals surface area contributed by atoms with Crippen LogP contribution in [-0.2, 0) is 4.74 Å². The minimum atomic E-state index is -0.943. The van der Waals surface area contributed by atoms with Gasteiger partial charge in [-0.15, -0.1) is 0 Å². The Kier molecular flexibility index (Phi) is 4.82. The van der Waals surface area contributed by atoms with Gasteiger partial charge in [-0.3, -0.25) is 0 Å². The fourth-order valence-corrected chi connectivity index (χ4v) is 3.46. The smallest absolute Gasteiger partial charge is 0.409 e. The van der Waals surface area contributed by atoms with Gasteiger partial charge in [0.05, 0.1) is 12.1 Å². The van der Waals surface area contributed by atoms with E-state index < -0.39 is 5.60 Å². The van der Waals surface area contributed by atoms with Crippen LogP contribution in [-0.4, -0.2) is 41.4 Å². The van der Waals surface area contributed by atoms with Crippen LogP contribution in [0.15, 0.2) is 48.5 Å². The number of ether oxygens (including phenoxy) is 1. The van der Waals surface area contributed by atoms with Crippen molar-refractivity contribution in [1.82, 2.24) is 4.90 Å². The zero-order valence-corrected chi connectivity index (χ0v) is 15.0. The monoisotopic (exact) mass is 339 g/mol. The topological polar surface area (TPSA) is 49.8 Å². The van der Waals surface area contributed by atoms with Crippen LogP contribution in [0.25, 0.3) is 11.1 Å². The number of carbonyl (C=O) groups is 1. The molecule has 2 aromatic rings. The molecule has 4 nitrogen and oxygen atoms in total. The number of nitrogens with zero attached hydrogens (tertiary/aromatic N) is 1. The first-order valence-corrected chi connectivity index (χ1v) is 8.73. The quantitative estimate of drug-likeness (QED) is 0.895. The van der Waals surface area contributed by atoms with E-state index in [-0.39, 0.29) is 18.6 Å². The molecule has 0 aromatic heterocycles. The third-order valence-corrected chi connectivity index (χ3v) is 4.55. The lowest BCUT2D eigenvalue weighted by atomic mass is 9.98. The van der Waals surface area contributed by atoms with E-state index in [4.69, 9.17) is 4.74 Å². The summed E-state index contributed by atoms with van der Waals surface area (Å²) in [6, 6.07) is 16.5. The first-order chi connectivity index (χ1) is 11.9. The summed E-state index contributed by atoms with van der Waals surface area (Å²) in [6.45, 7) is 6.31. The van der Waals surface area contributed by atoms with E-state index in [1.807, 2.05) is 31.2 Å². The molecule has 4 heteroatoms. The van der Waals surface area contributed by atoms with Crippen molar-refractivity contribution >= 4 is 6.09 Å². The number of likely N-dealkylation sites (N-methyl/N-ethyl adjacent to an activating group) is 1.